The minimum absolute atomic E-state index is 0.0412. The maximum atomic E-state index is 6.07. The van der Waals surface area contributed by atoms with Gasteiger partial charge in [0.25, 0.3) is 0 Å². The topological polar surface area (TPSA) is 35.2 Å². The van der Waals surface area contributed by atoms with Crippen LogP contribution in [-0.4, -0.2) is 11.6 Å². The summed E-state index contributed by atoms with van der Waals surface area (Å²) < 4.78 is 6.85. The van der Waals surface area contributed by atoms with E-state index in [1.807, 2.05) is 19.1 Å². The summed E-state index contributed by atoms with van der Waals surface area (Å²) in [5.74, 6) is 0. The van der Waals surface area contributed by atoms with Gasteiger partial charge in [-0.25, -0.2) is 0 Å². The Bertz CT molecular complexity index is 336. The molecule has 2 unspecified atom stereocenters. The molecule has 2 atom stereocenters. The van der Waals surface area contributed by atoms with Crippen LogP contribution in [0.25, 0.3) is 0 Å². The molecule has 16 heavy (non-hydrogen) atoms. The van der Waals surface area contributed by atoms with E-state index in [9.17, 15) is 0 Å². The summed E-state index contributed by atoms with van der Waals surface area (Å²) in [6.45, 7) is 8.23. The third-order valence-electron chi connectivity index (χ3n) is 2.65. The fourth-order valence-corrected chi connectivity index (χ4v) is 2.54. The molecule has 2 nitrogen and oxygen atoms in total. The molecule has 0 saturated heterocycles. The first-order valence-corrected chi connectivity index (χ1v) is 6.74. The van der Waals surface area contributed by atoms with Crippen molar-refractivity contribution in [1.29, 1.82) is 0 Å². The van der Waals surface area contributed by atoms with Crippen LogP contribution < -0.4 is 5.73 Å². The summed E-state index contributed by atoms with van der Waals surface area (Å²) in [6.07, 6.45) is 0.877. The molecule has 1 rings (SSSR count). The molecule has 4 heteroatoms. The lowest BCUT2D eigenvalue weighted by Crippen LogP contribution is -2.34. The first-order chi connectivity index (χ1) is 7.35. The lowest BCUT2D eigenvalue weighted by molar-refractivity contribution is -0.0818. The molecular weight excluding hydrogens is 242 g/mol. The first kappa shape index (κ1) is 14.0. The predicted molar refractivity (Wildman–Crippen MR) is 71.2 cm³/mol. The molecule has 0 aliphatic rings. The molecule has 2 N–H and O–H groups in total. The number of hydrogen-bond donors (Lipinski definition) is 1. The standard InChI is InChI=1S/C12H20ClNOS/c1-5-12(3,4)15-11(8(2)14)9-6-7-10(13)16-9/h6-8,11H,5,14H2,1-4H3. The van der Waals surface area contributed by atoms with Crippen molar-refractivity contribution < 1.29 is 4.74 Å². The molecule has 0 saturated carbocycles. The largest absolute Gasteiger partial charge is 0.365 e. The fraction of sp³-hybridized carbons (Fsp3) is 0.667. The van der Waals surface area contributed by atoms with E-state index in [-0.39, 0.29) is 17.7 Å². The third kappa shape index (κ3) is 3.74. The van der Waals surface area contributed by atoms with Gasteiger partial charge in [0.2, 0.25) is 0 Å². The van der Waals surface area contributed by atoms with Crippen molar-refractivity contribution in [2.24, 2.45) is 5.73 Å². The van der Waals surface area contributed by atoms with Gasteiger partial charge in [0.1, 0.15) is 6.10 Å². The molecule has 0 amide bonds. The first-order valence-electron chi connectivity index (χ1n) is 5.54. The molecular formula is C12H20ClNOS. The average molecular weight is 262 g/mol. The SMILES string of the molecule is CCC(C)(C)OC(c1ccc(Cl)s1)C(C)N. The van der Waals surface area contributed by atoms with Crippen molar-refractivity contribution in [2.75, 3.05) is 0 Å². The summed E-state index contributed by atoms with van der Waals surface area (Å²) in [5, 5.41) is 0. The van der Waals surface area contributed by atoms with Crippen molar-refractivity contribution in [3.05, 3.63) is 21.3 Å². The minimum Gasteiger partial charge on any atom is -0.365 e. The van der Waals surface area contributed by atoms with Gasteiger partial charge in [-0.1, -0.05) is 18.5 Å². The maximum Gasteiger partial charge on any atom is 0.107 e. The Morgan fingerprint density at radius 3 is 2.50 bits per heavy atom. The van der Waals surface area contributed by atoms with Crippen LogP contribution in [0.1, 0.15) is 45.1 Å². The van der Waals surface area contributed by atoms with Crippen LogP contribution in [0, 0.1) is 0 Å². The Kier molecular flexibility index (Phi) is 4.80. The minimum atomic E-state index is -0.158. The highest BCUT2D eigenvalue weighted by atomic mass is 35.5. The predicted octanol–water partition coefficient (Wildman–Crippen LogP) is 4.00. The maximum absolute atomic E-state index is 6.07. The van der Waals surface area contributed by atoms with Crippen LogP contribution in [0.2, 0.25) is 4.34 Å². The number of rotatable bonds is 5. The quantitative estimate of drug-likeness (QED) is 0.870. The summed E-state index contributed by atoms with van der Waals surface area (Å²) >= 11 is 7.47. The molecule has 0 aliphatic heterocycles. The van der Waals surface area contributed by atoms with Crippen molar-refractivity contribution in [3.63, 3.8) is 0 Å². The zero-order valence-electron chi connectivity index (χ0n) is 10.3. The summed E-state index contributed by atoms with van der Waals surface area (Å²) in [6, 6.07) is 3.84. The Balaban J connectivity index is 2.84. The van der Waals surface area contributed by atoms with Crippen LogP contribution in [0.4, 0.5) is 0 Å². The van der Waals surface area contributed by atoms with Crippen molar-refractivity contribution >= 4 is 22.9 Å². The Morgan fingerprint density at radius 1 is 1.50 bits per heavy atom. The lowest BCUT2D eigenvalue weighted by atomic mass is 10.0. The monoisotopic (exact) mass is 261 g/mol. The summed E-state index contributed by atoms with van der Waals surface area (Å²) in [4.78, 5) is 1.10. The molecule has 0 radical (unpaired) electrons. The molecule has 92 valence electrons. The van der Waals surface area contributed by atoms with Crippen LogP contribution in [-0.2, 0) is 4.74 Å². The van der Waals surface area contributed by atoms with Crippen LogP contribution >= 0.6 is 22.9 Å². The highest BCUT2D eigenvalue weighted by Crippen LogP contribution is 2.34. The van der Waals surface area contributed by atoms with Gasteiger partial charge in [-0.15, -0.1) is 11.3 Å². The second-order valence-electron chi connectivity index (χ2n) is 4.65. The van der Waals surface area contributed by atoms with E-state index in [1.54, 1.807) is 0 Å². The number of nitrogens with two attached hydrogens (primary N) is 1. The van der Waals surface area contributed by atoms with Crippen molar-refractivity contribution in [1.82, 2.24) is 0 Å². The zero-order chi connectivity index (χ0) is 12.3. The van der Waals surface area contributed by atoms with Gasteiger partial charge in [0.15, 0.2) is 0 Å². The second-order valence-corrected chi connectivity index (χ2v) is 6.40. The Labute approximate surface area is 107 Å². The van der Waals surface area contributed by atoms with Gasteiger partial charge in [-0.05, 0) is 39.3 Å². The smallest absolute Gasteiger partial charge is 0.107 e. The van der Waals surface area contributed by atoms with E-state index in [2.05, 4.69) is 20.8 Å². The summed E-state index contributed by atoms with van der Waals surface area (Å²) in [7, 11) is 0. The average Bonchev–Trinajstić information content (AvgIpc) is 2.61. The molecule has 1 aromatic rings. The van der Waals surface area contributed by atoms with Gasteiger partial charge in [-0.3, -0.25) is 0 Å². The molecule has 0 bridgehead atoms. The molecule has 1 aromatic heterocycles. The molecule has 1 heterocycles. The number of halogens is 1. The van der Waals surface area contributed by atoms with Crippen molar-refractivity contribution in [2.45, 2.75) is 51.9 Å². The zero-order valence-corrected chi connectivity index (χ0v) is 11.9. The van der Waals surface area contributed by atoms with Gasteiger partial charge in [0.05, 0.1) is 9.94 Å². The number of hydrogen-bond acceptors (Lipinski definition) is 3. The highest BCUT2D eigenvalue weighted by molar-refractivity contribution is 7.16. The molecule has 0 fully saturated rings. The van der Waals surface area contributed by atoms with Crippen LogP contribution in [0.3, 0.4) is 0 Å². The normalized spacial score (nSPS) is 16.1. The van der Waals surface area contributed by atoms with Crippen molar-refractivity contribution in [3.8, 4) is 0 Å². The van der Waals surface area contributed by atoms with Gasteiger partial charge in [-0.2, -0.15) is 0 Å². The Hall–Kier alpha value is -0.0900. The number of ether oxygens (including phenoxy) is 1. The van der Waals surface area contributed by atoms with Crippen LogP contribution in [0.15, 0.2) is 12.1 Å². The second kappa shape index (κ2) is 5.50. The molecule has 0 spiro atoms. The van der Waals surface area contributed by atoms with Gasteiger partial charge in [0, 0.05) is 10.9 Å². The van der Waals surface area contributed by atoms with E-state index in [0.29, 0.717) is 0 Å². The van der Waals surface area contributed by atoms with Gasteiger partial charge >= 0.3 is 0 Å². The highest BCUT2D eigenvalue weighted by Gasteiger charge is 2.26. The Morgan fingerprint density at radius 2 is 2.12 bits per heavy atom. The fourth-order valence-electron chi connectivity index (χ4n) is 1.33. The third-order valence-corrected chi connectivity index (χ3v) is 3.94. The molecule has 0 aromatic carbocycles. The van der Waals surface area contributed by atoms with E-state index >= 15 is 0 Å². The van der Waals surface area contributed by atoms with E-state index in [4.69, 9.17) is 22.1 Å². The van der Waals surface area contributed by atoms with E-state index in [1.165, 1.54) is 11.3 Å². The van der Waals surface area contributed by atoms with Crippen LogP contribution in [0.5, 0.6) is 0 Å². The lowest BCUT2D eigenvalue weighted by Gasteiger charge is -2.31. The van der Waals surface area contributed by atoms with E-state index < -0.39 is 0 Å². The number of thiophene rings is 1. The van der Waals surface area contributed by atoms with Gasteiger partial charge < -0.3 is 10.5 Å². The van der Waals surface area contributed by atoms with E-state index in [0.717, 1.165) is 15.6 Å². The molecule has 0 aliphatic carbocycles. The summed E-state index contributed by atoms with van der Waals surface area (Å²) in [5.41, 5.74) is 5.82.